The van der Waals surface area contributed by atoms with Crippen LogP contribution in [0.3, 0.4) is 0 Å². The highest BCUT2D eigenvalue weighted by molar-refractivity contribution is 6.29. The SMILES string of the molecule is CN(CC1CCC(C#CCN2CCCCC2)CC1)c1ccc(Cl)nn1. The number of hydrogen-bond donors (Lipinski definition) is 0. The van der Waals surface area contributed by atoms with Gasteiger partial charge in [0.2, 0.25) is 0 Å². The van der Waals surface area contributed by atoms with Gasteiger partial charge in [-0.05, 0) is 69.7 Å². The van der Waals surface area contributed by atoms with Gasteiger partial charge in [-0.1, -0.05) is 29.9 Å². The fourth-order valence-electron chi connectivity index (χ4n) is 3.90. The summed E-state index contributed by atoms with van der Waals surface area (Å²) in [5, 5.41) is 8.53. The van der Waals surface area contributed by atoms with Gasteiger partial charge in [0.25, 0.3) is 0 Å². The first-order chi connectivity index (χ1) is 12.2. The number of halogens is 1. The molecule has 0 aromatic carbocycles. The van der Waals surface area contributed by atoms with Crippen LogP contribution in [0.2, 0.25) is 5.15 Å². The molecule has 2 heterocycles. The first-order valence-corrected chi connectivity index (χ1v) is 9.99. The molecule has 1 saturated carbocycles. The summed E-state index contributed by atoms with van der Waals surface area (Å²) in [6, 6.07) is 3.74. The lowest BCUT2D eigenvalue weighted by Crippen LogP contribution is -2.30. The van der Waals surface area contributed by atoms with Gasteiger partial charge in [0.15, 0.2) is 11.0 Å². The molecule has 0 bridgehead atoms. The Labute approximate surface area is 156 Å². The normalized spacial score (nSPS) is 24.4. The Morgan fingerprint density at radius 3 is 2.56 bits per heavy atom. The van der Waals surface area contributed by atoms with E-state index in [9.17, 15) is 0 Å². The maximum Gasteiger partial charge on any atom is 0.151 e. The zero-order valence-electron chi connectivity index (χ0n) is 15.3. The van der Waals surface area contributed by atoms with E-state index in [4.69, 9.17) is 11.6 Å². The van der Waals surface area contributed by atoms with Crippen LogP contribution in [-0.2, 0) is 0 Å². The van der Waals surface area contributed by atoms with Gasteiger partial charge in [0.1, 0.15) is 0 Å². The van der Waals surface area contributed by atoms with Crippen LogP contribution in [0, 0.1) is 23.7 Å². The van der Waals surface area contributed by atoms with Gasteiger partial charge < -0.3 is 4.90 Å². The van der Waals surface area contributed by atoms with Crippen LogP contribution in [0.25, 0.3) is 0 Å². The third-order valence-corrected chi connectivity index (χ3v) is 5.65. The van der Waals surface area contributed by atoms with Gasteiger partial charge in [0.05, 0.1) is 6.54 Å². The van der Waals surface area contributed by atoms with Crippen LogP contribution < -0.4 is 4.90 Å². The summed E-state index contributed by atoms with van der Waals surface area (Å²) in [5.41, 5.74) is 0. The van der Waals surface area contributed by atoms with Crippen LogP contribution in [0.15, 0.2) is 12.1 Å². The van der Waals surface area contributed by atoms with Crippen molar-refractivity contribution < 1.29 is 0 Å². The molecule has 0 atom stereocenters. The van der Waals surface area contributed by atoms with E-state index in [1.165, 1.54) is 58.0 Å². The molecule has 1 aromatic rings. The molecular weight excluding hydrogens is 332 g/mol. The summed E-state index contributed by atoms with van der Waals surface area (Å²) in [7, 11) is 2.09. The van der Waals surface area contributed by atoms with Crippen molar-refractivity contribution in [2.24, 2.45) is 11.8 Å². The first kappa shape index (κ1) is 18.5. The topological polar surface area (TPSA) is 32.3 Å². The standard InChI is InChI=1S/C20H29ClN4/c1-24(20-12-11-19(21)22-23-20)16-18-9-7-17(8-10-18)6-5-15-25-13-3-2-4-14-25/h11-12,17-18H,2-4,7-10,13-16H2,1H3. The minimum absolute atomic E-state index is 0.445. The van der Waals surface area contributed by atoms with Crippen LogP contribution >= 0.6 is 11.6 Å². The molecule has 25 heavy (non-hydrogen) atoms. The van der Waals surface area contributed by atoms with Crippen molar-refractivity contribution in [2.45, 2.75) is 44.9 Å². The lowest BCUT2D eigenvalue weighted by Gasteiger charge is -2.29. The van der Waals surface area contributed by atoms with Crippen molar-refractivity contribution in [1.29, 1.82) is 0 Å². The molecule has 0 amide bonds. The molecule has 1 saturated heterocycles. The zero-order valence-corrected chi connectivity index (χ0v) is 16.0. The lowest BCUT2D eigenvalue weighted by atomic mass is 9.82. The second kappa shape index (κ2) is 9.40. The van der Waals surface area contributed by atoms with Gasteiger partial charge >= 0.3 is 0 Å². The predicted molar refractivity (Wildman–Crippen MR) is 104 cm³/mol. The minimum Gasteiger partial charge on any atom is -0.358 e. The van der Waals surface area contributed by atoms with Crippen LogP contribution in [-0.4, -0.2) is 48.3 Å². The van der Waals surface area contributed by atoms with Gasteiger partial charge in [-0.2, -0.15) is 0 Å². The third kappa shape index (κ3) is 5.87. The number of hydrogen-bond acceptors (Lipinski definition) is 4. The predicted octanol–water partition coefficient (Wildman–Crippen LogP) is 3.86. The zero-order chi connectivity index (χ0) is 17.5. The van der Waals surface area contributed by atoms with Crippen LogP contribution in [0.4, 0.5) is 5.82 Å². The second-order valence-electron chi connectivity index (χ2n) is 7.47. The minimum atomic E-state index is 0.445. The van der Waals surface area contributed by atoms with Crippen molar-refractivity contribution in [2.75, 3.05) is 38.1 Å². The maximum atomic E-state index is 5.81. The molecule has 0 N–H and O–H groups in total. The van der Waals surface area contributed by atoms with Crippen molar-refractivity contribution >= 4 is 17.4 Å². The Balaban J connectivity index is 1.39. The number of nitrogens with zero attached hydrogens (tertiary/aromatic N) is 4. The molecule has 0 unspecified atom stereocenters. The van der Waals surface area contributed by atoms with Gasteiger partial charge in [-0.3, -0.25) is 4.90 Å². The highest BCUT2D eigenvalue weighted by atomic mass is 35.5. The molecule has 1 aromatic heterocycles. The fourth-order valence-corrected chi connectivity index (χ4v) is 4.00. The average molecular weight is 361 g/mol. The highest BCUT2D eigenvalue weighted by Gasteiger charge is 2.21. The van der Waals surface area contributed by atoms with Gasteiger partial charge in [-0.15, -0.1) is 10.2 Å². The Hall–Kier alpha value is -1.31. The number of rotatable bonds is 4. The van der Waals surface area contributed by atoms with Gasteiger partial charge in [-0.25, -0.2) is 0 Å². The summed E-state index contributed by atoms with van der Waals surface area (Å²) < 4.78 is 0. The monoisotopic (exact) mass is 360 g/mol. The van der Waals surface area contributed by atoms with E-state index in [-0.39, 0.29) is 0 Å². The van der Waals surface area contributed by atoms with E-state index >= 15 is 0 Å². The molecule has 2 aliphatic rings. The smallest absolute Gasteiger partial charge is 0.151 e. The van der Waals surface area contributed by atoms with E-state index in [0.717, 1.165) is 24.8 Å². The van der Waals surface area contributed by atoms with Crippen molar-refractivity contribution in [3.05, 3.63) is 17.3 Å². The Kier molecular flexibility index (Phi) is 6.95. The van der Waals surface area contributed by atoms with E-state index in [2.05, 4.69) is 38.9 Å². The van der Waals surface area contributed by atoms with E-state index in [1.807, 2.05) is 6.07 Å². The molecule has 0 spiro atoms. The molecule has 136 valence electrons. The Morgan fingerprint density at radius 2 is 1.88 bits per heavy atom. The molecule has 4 nitrogen and oxygen atoms in total. The van der Waals surface area contributed by atoms with Crippen molar-refractivity contribution in [3.63, 3.8) is 0 Å². The number of aromatic nitrogens is 2. The summed E-state index contributed by atoms with van der Waals surface area (Å²) >= 11 is 5.81. The number of likely N-dealkylation sites (tertiary alicyclic amines) is 1. The molecule has 5 heteroatoms. The number of anilines is 1. The fraction of sp³-hybridized carbons (Fsp3) is 0.700. The Bertz CT molecular complexity index is 578. The highest BCUT2D eigenvalue weighted by Crippen LogP contribution is 2.29. The maximum absolute atomic E-state index is 5.81. The molecule has 3 rings (SSSR count). The van der Waals surface area contributed by atoms with Crippen LogP contribution in [0.1, 0.15) is 44.9 Å². The van der Waals surface area contributed by atoms with Crippen molar-refractivity contribution in [3.8, 4) is 11.8 Å². The molecular formula is C20H29ClN4. The second-order valence-corrected chi connectivity index (χ2v) is 7.86. The van der Waals surface area contributed by atoms with E-state index in [1.54, 1.807) is 6.07 Å². The average Bonchev–Trinajstić information content (AvgIpc) is 2.64. The third-order valence-electron chi connectivity index (χ3n) is 5.45. The molecule has 1 aliphatic carbocycles. The lowest BCUT2D eigenvalue weighted by molar-refractivity contribution is 0.254. The van der Waals surface area contributed by atoms with E-state index < -0.39 is 0 Å². The summed E-state index contributed by atoms with van der Waals surface area (Å²) in [4.78, 5) is 4.70. The molecule has 2 fully saturated rings. The van der Waals surface area contributed by atoms with Crippen LogP contribution in [0.5, 0.6) is 0 Å². The molecule has 0 radical (unpaired) electrons. The van der Waals surface area contributed by atoms with E-state index in [0.29, 0.717) is 11.1 Å². The van der Waals surface area contributed by atoms with Crippen molar-refractivity contribution in [1.82, 2.24) is 15.1 Å². The molecule has 1 aliphatic heterocycles. The summed E-state index contributed by atoms with van der Waals surface area (Å²) in [5.74, 6) is 9.20. The summed E-state index contributed by atoms with van der Waals surface area (Å²) in [6.07, 6.45) is 9.07. The Morgan fingerprint density at radius 1 is 1.12 bits per heavy atom. The number of piperidine rings is 1. The summed E-state index contributed by atoms with van der Waals surface area (Å²) in [6.45, 7) is 4.48. The first-order valence-electron chi connectivity index (χ1n) is 9.62. The largest absolute Gasteiger partial charge is 0.358 e. The quantitative estimate of drug-likeness (QED) is 0.763. The van der Waals surface area contributed by atoms with Gasteiger partial charge in [0, 0.05) is 19.5 Å².